The van der Waals surface area contributed by atoms with Gasteiger partial charge in [-0.25, -0.2) is 4.98 Å². The van der Waals surface area contributed by atoms with Gasteiger partial charge in [0.15, 0.2) is 0 Å². The maximum atomic E-state index is 10.1. The number of aromatic nitrogens is 1. The van der Waals surface area contributed by atoms with Crippen LogP contribution in [0.1, 0.15) is 11.4 Å². The summed E-state index contributed by atoms with van der Waals surface area (Å²) in [6, 6.07) is 0. The molecule has 1 heterocycles. The summed E-state index contributed by atoms with van der Waals surface area (Å²) in [5, 5.41) is 12.2. The van der Waals surface area contributed by atoms with E-state index >= 15 is 0 Å². The van der Waals surface area contributed by atoms with E-state index in [9.17, 15) is 4.79 Å². The van der Waals surface area contributed by atoms with Crippen molar-refractivity contribution in [2.24, 2.45) is 0 Å². The Morgan fingerprint density at radius 1 is 1.77 bits per heavy atom. The van der Waals surface area contributed by atoms with E-state index in [2.05, 4.69) is 10.3 Å². The Morgan fingerprint density at radius 3 is 3.08 bits per heavy atom. The van der Waals surface area contributed by atoms with Crippen molar-refractivity contribution in [1.82, 2.24) is 10.3 Å². The van der Waals surface area contributed by atoms with E-state index in [4.69, 9.17) is 16.7 Å². The fourth-order valence-corrected chi connectivity index (χ4v) is 1.69. The van der Waals surface area contributed by atoms with Crippen LogP contribution in [0, 0.1) is 0 Å². The molecule has 0 unspecified atom stereocenters. The summed E-state index contributed by atoms with van der Waals surface area (Å²) in [5.41, 5.74) is 0. The SMILES string of the molecule is O=C(O)CCNCc1ncc(Cl)s1. The van der Waals surface area contributed by atoms with Gasteiger partial charge in [-0.05, 0) is 0 Å². The van der Waals surface area contributed by atoms with Gasteiger partial charge < -0.3 is 10.4 Å². The summed E-state index contributed by atoms with van der Waals surface area (Å²) < 4.78 is 0.648. The second kappa shape index (κ2) is 5.16. The predicted molar refractivity (Wildman–Crippen MR) is 51.1 cm³/mol. The number of nitrogens with one attached hydrogen (secondary N) is 1. The number of halogens is 1. The van der Waals surface area contributed by atoms with Crippen LogP contribution >= 0.6 is 22.9 Å². The highest BCUT2D eigenvalue weighted by Crippen LogP contribution is 2.17. The molecule has 0 fully saturated rings. The largest absolute Gasteiger partial charge is 0.481 e. The summed E-state index contributed by atoms with van der Waals surface area (Å²) in [7, 11) is 0. The minimum atomic E-state index is -0.801. The van der Waals surface area contributed by atoms with E-state index in [-0.39, 0.29) is 6.42 Å². The fraction of sp³-hybridized carbons (Fsp3) is 0.429. The Labute approximate surface area is 84.6 Å². The number of carboxylic acids is 1. The first-order valence-electron chi connectivity index (χ1n) is 3.71. The Bertz CT molecular complexity index is 290. The Kier molecular flexibility index (Phi) is 4.14. The van der Waals surface area contributed by atoms with Crippen molar-refractivity contribution in [3.8, 4) is 0 Å². The van der Waals surface area contributed by atoms with E-state index in [0.29, 0.717) is 17.4 Å². The molecular weight excluding hydrogens is 212 g/mol. The van der Waals surface area contributed by atoms with Gasteiger partial charge in [-0.15, -0.1) is 11.3 Å². The van der Waals surface area contributed by atoms with Crippen molar-refractivity contribution in [2.45, 2.75) is 13.0 Å². The lowest BCUT2D eigenvalue weighted by Gasteiger charge is -1.97. The molecule has 0 aliphatic carbocycles. The van der Waals surface area contributed by atoms with Crippen molar-refractivity contribution in [3.05, 3.63) is 15.5 Å². The van der Waals surface area contributed by atoms with Crippen molar-refractivity contribution in [2.75, 3.05) is 6.54 Å². The van der Waals surface area contributed by atoms with E-state index in [0.717, 1.165) is 5.01 Å². The van der Waals surface area contributed by atoms with Crippen molar-refractivity contribution < 1.29 is 9.90 Å². The molecule has 0 aromatic carbocycles. The third kappa shape index (κ3) is 4.21. The number of carbonyl (C=O) groups is 1. The lowest BCUT2D eigenvalue weighted by atomic mass is 10.4. The second-order valence-corrected chi connectivity index (χ2v) is 4.13. The maximum absolute atomic E-state index is 10.1. The molecule has 72 valence electrons. The molecule has 1 aromatic heterocycles. The highest BCUT2D eigenvalue weighted by molar-refractivity contribution is 7.15. The highest BCUT2D eigenvalue weighted by Gasteiger charge is 2.00. The monoisotopic (exact) mass is 220 g/mol. The third-order valence-electron chi connectivity index (χ3n) is 1.32. The highest BCUT2D eigenvalue weighted by atomic mass is 35.5. The van der Waals surface area contributed by atoms with Gasteiger partial charge in [0.2, 0.25) is 0 Å². The number of thiazole rings is 1. The topological polar surface area (TPSA) is 62.2 Å². The number of hydrogen-bond donors (Lipinski definition) is 2. The molecule has 1 rings (SSSR count). The third-order valence-corrected chi connectivity index (χ3v) is 2.43. The molecule has 0 saturated heterocycles. The fourth-order valence-electron chi connectivity index (χ4n) is 0.760. The minimum Gasteiger partial charge on any atom is -0.481 e. The van der Waals surface area contributed by atoms with Crippen LogP contribution in [0.25, 0.3) is 0 Å². The maximum Gasteiger partial charge on any atom is 0.304 e. The number of rotatable bonds is 5. The zero-order valence-corrected chi connectivity index (χ0v) is 8.36. The summed E-state index contributed by atoms with van der Waals surface area (Å²) in [6.07, 6.45) is 1.71. The van der Waals surface area contributed by atoms with Crippen LogP contribution in [-0.4, -0.2) is 22.6 Å². The summed E-state index contributed by atoms with van der Waals surface area (Å²) in [6.45, 7) is 1.02. The molecular formula is C7H9ClN2O2S. The van der Waals surface area contributed by atoms with Crippen molar-refractivity contribution in [1.29, 1.82) is 0 Å². The Morgan fingerprint density at radius 2 is 2.54 bits per heavy atom. The average molecular weight is 221 g/mol. The molecule has 2 N–H and O–H groups in total. The van der Waals surface area contributed by atoms with Gasteiger partial charge in [0.1, 0.15) is 9.34 Å². The molecule has 1 aromatic rings. The molecule has 0 radical (unpaired) electrons. The van der Waals surface area contributed by atoms with Gasteiger partial charge in [-0.3, -0.25) is 4.79 Å². The van der Waals surface area contributed by atoms with E-state index in [1.807, 2.05) is 0 Å². The standard InChI is InChI=1S/C7H9ClN2O2S/c8-5-3-10-6(13-5)4-9-2-1-7(11)12/h3,9H,1-2,4H2,(H,11,12). The van der Waals surface area contributed by atoms with Crippen LogP contribution in [0.3, 0.4) is 0 Å². The van der Waals surface area contributed by atoms with E-state index in [1.165, 1.54) is 11.3 Å². The van der Waals surface area contributed by atoms with Gasteiger partial charge in [0, 0.05) is 13.1 Å². The summed E-state index contributed by atoms with van der Waals surface area (Å²) in [4.78, 5) is 14.1. The smallest absolute Gasteiger partial charge is 0.304 e. The number of nitrogens with zero attached hydrogens (tertiary/aromatic N) is 1. The summed E-state index contributed by atoms with van der Waals surface area (Å²) in [5.74, 6) is -0.801. The average Bonchev–Trinajstić information content (AvgIpc) is 2.45. The van der Waals surface area contributed by atoms with Crippen LogP contribution < -0.4 is 5.32 Å². The molecule has 0 amide bonds. The van der Waals surface area contributed by atoms with Crippen LogP contribution in [0.4, 0.5) is 0 Å². The molecule has 13 heavy (non-hydrogen) atoms. The molecule has 0 atom stereocenters. The predicted octanol–water partition coefficient (Wildman–Crippen LogP) is 1.36. The van der Waals surface area contributed by atoms with Crippen molar-refractivity contribution >= 4 is 28.9 Å². The lowest BCUT2D eigenvalue weighted by molar-refractivity contribution is -0.136. The molecule has 0 aliphatic rings. The zero-order valence-electron chi connectivity index (χ0n) is 6.79. The van der Waals surface area contributed by atoms with Crippen molar-refractivity contribution in [3.63, 3.8) is 0 Å². The van der Waals surface area contributed by atoms with Gasteiger partial charge in [0.25, 0.3) is 0 Å². The van der Waals surface area contributed by atoms with E-state index < -0.39 is 5.97 Å². The van der Waals surface area contributed by atoms with Crippen LogP contribution in [-0.2, 0) is 11.3 Å². The van der Waals surface area contributed by atoms with E-state index in [1.54, 1.807) is 6.20 Å². The molecule has 0 saturated carbocycles. The molecule has 0 bridgehead atoms. The minimum absolute atomic E-state index is 0.124. The number of aliphatic carboxylic acids is 1. The van der Waals surface area contributed by atoms with Gasteiger partial charge >= 0.3 is 5.97 Å². The number of hydrogen-bond acceptors (Lipinski definition) is 4. The number of carboxylic acid groups (broad SMARTS) is 1. The zero-order chi connectivity index (χ0) is 9.68. The molecule has 0 aliphatic heterocycles. The Balaban J connectivity index is 2.16. The first kappa shape index (κ1) is 10.4. The van der Waals surface area contributed by atoms with Gasteiger partial charge in [-0.1, -0.05) is 11.6 Å². The van der Waals surface area contributed by atoms with Crippen LogP contribution in [0.15, 0.2) is 6.20 Å². The van der Waals surface area contributed by atoms with Gasteiger partial charge in [0.05, 0.1) is 12.6 Å². The normalized spacial score (nSPS) is 10.2. The quantitative estimate of drug-likeness (QED) is 0.736. The summed E-state index contributed by atoms with van der Waals surface area (Å²) >= 11 is 7.05. The Hall–Kier alpha value is -0.650. The molecule has 6 heteroatoms. The first-order valence-corrected chi connectivity index (χ1v) is 4.90. The van der Waals surface area contributed by atoms with Crippen LogP contribution in [0.5, 0.6) is 0 Å². The first-order chi connectivity index (χ1) is 6.18. The second-order valence-electron chi connectivity index (χ2n) is 2.38. The lowest BCUT2D eigenvalue weighted by Crippen LogP contribution is -2.17. The molecule has 4 nitrogen and oxygen atoms in total. The van der Waals surface area contributed by atoms with Gasteiger partial charge in [-0.2, -0.15) is 0 Å². The van der Waals surface area contributed by atoms with Crippen LogP contribution in [0.2, 0.25) is 4.34 Å². The molecule has 0 spiro atoms.